The van der Waals surface area contributed by atoms with Crippen LogP contribution >= 0.6 is 0 Å². The van der Waals surface area contributed by atoms with Crippen LogP contribution in [0.5, 0.6) is 0 Å². The molecule has 1 fully saturated rings. The molecule has 20 heavy (non-hydrogen) atoms. The van der Waals surface area contributed by atoms with Gasteiger partial charge in [0, 0.05) is 31.4 Å². The van der Waals surface area contributed by atoms with E-state index in [9.17, 15) is 0 Å². The average molecular weight is 276 g/mol. The van der Waals surface area contributed by atoms with E-state index in [-0.39, 0.29) is 0 Å². The molecule has 1 aromatic rings. The Hall–Kier alpha value is -1.06. The maximum absolute atomic E-state index is 5.28. The topological polar surface area (TPSA) is 24.5 Å². The van der Waals surface area contributed by atoms with Crippen molar-refractivity contribution < 1.29 is 4.74 Å². The van der Waals surface area contributed by atoms with Gasteiger partial charge in [0.2, 0.25) is 0 Å². The van der Waals surface area contributed by atoms with Crippen LogP contribution in [-0.4, -0.2) is 32.8 Å². The molecule has 0 heterocycles. The summed E-state index contributed by atoms with van der Waals surface area (Å²) < 4.78 is 5.28. The van der Waals surface area contributed by atoms with Crippen LogP contribution in [0.25, 0.3) is 0 Å². The van der Waals surface area contributed by atoms with E-state index in [4.69, 9.17) is 4.74 Å². The van der Waals surface area contributed by atoms with E-state index in [1.807, 2.05) is 0 Å². The van der Waals surface area contributed by atoms with Gasteiger partial charge in [-0.1, -0.05) is 25.1 Å². The Kier molecular flexibility index (Phi) is 5.86. The number of anilines is 1. The number of hydrogen-bond acceptors (Lipinski definition) is 3. The number of para-hydroxylation sites is 1. The third-order valence-corrected chi connectivity index (χ3v) is 3.94. The van der Waals surface area contributed by atoms with Crippen LogP contribution in [0.15, 0.2) is 24.3 Å². The highest BCUT2D eigenvalue weighted by Gasteiger charge is 2.30. The van der Waals surface area contributed by atoms with E-state index in [0.717, 1.165) is 19.7 Å². The van der Waals surface area contributed by atoms with E-state index < -0.39 is 0 Å². The molecule has 1 unspecified atom stereocenters. The molecule has 0 radical (unpaired) electrons. The lowest BCUT2D eigenvalue weighted by Crippen LogP contribution is -2.31. The van der Waals surface area contributed by atoms with Crippen molar-refractivity contribution >= 4 is 5.69 Å². The SMILES string of the molecule is CCCNC(C)c1ccccc1N(CCOC)C1CC1. The Morgan fingerprint density at radius 1 is 1.35 bits per heavy atom. The number of benzene rings is 1. The minimum Gasteiger partial charge on any atom is -0.383 e. The Morgan fingerprint density at radius 3 is 2.75 bits per heavy atom. The van der Waals surface area contributed by atoms with Crippen molar-refractivity contribution in [3.63, 3.8) is 0 Å². The molecule has 2 rings (SSSR count). The lowest BCUT2D eigenvalue weighted by molar-refractivity contribution is 0.205. The molecule has 0 bridgehead atoms. The van der Waals surface area contributed by atoms with Gasteiger partial charge in [0.05, 0.1) is 6.61 Å². The number of hydrogen-bond donors (Lipinski definition) is 1. The van der Waals surface area contributed by atoms with E-state index in [2.05, 4.69) is 48.3 Å². The molecule has 0 spiro atoms. The highest BCUT2D eigenvalue weighted by molar-refractivity contribution is 5.56. The zero-order chi connectivity index (χ0) is 14.4. The van der Waals surface area contributed by atoms with Crippen molar-refractivity contribution in [2.45, 2.75) is 45.2 Å². The summed E-state index contributed by atoms with van der Waals surface area (Å²) in [6.07, 6.45) is 3.80. The second-order valence-electron chi connectivity index (χ2n) is 5.65. The van der Waals surface area contributed by atoms with Gasteiger partial charge in [0.1, 0.15) is 0 Å². The molecule has 0 saturated heterocycles. The normalized spacial score (nSPS) is 16.1. The first kappa shape index (κ1) is 15.3. The standard InChI is InChI=1S/C17H28N2O/c1-4-11-18-14(2)16-7-5-6-8-17(16)19(12-13-20-3)15-9-10-15/h5-8,14-15,18H,4,9-13H2,1-3H3. The van der Waals surface area contributed by atoms with Crippen LogP contribution < -0.4 is 10.2 Å². The number of rotatable bonds is 9. The summed E-state index contributed by atoms with van der Waals surface area (Å²) in [6.45, 7) is 7.31. The van der Waals surface area contributed by atoms with Crippen molar-refractivity contribution in [2.75, 3.05) is 31.7 Å². The van der Waals surface area contributed by atoms with Gasteiger partial charge in [-0.05, 0) is 44.4 Å². The van der Waals surface area contributed by atoms with Gasteiger partial charge in [-0.15, -0.1) is 0 Å². The fourth-order valence-electron chi connectivity index (χ4n) is 2.66. The Labute approximate surface area is 123 Å². The molecule has 1 aliphatic carbocycles. The van der Waals surface area contributed by atoms with E-state index in [0.29, 0.717) is 12.1 Å². The molecular weight excluding hydrogens is 248 g/mol. The smallest absolute Gasteiger partial charge is 0.0637 e. The minimum atomic E-state index is 0.398. The van der Waals surface area contributed by atoms with Crippen molar-refractivity contribution in [1.82, 2.24) is 5.32 Å². The third kappa shape index (κ3) is 3.97. The van der Waals surface area contributed by atoms with Gasteiger partial charge in [-0.25, -0.2) is 0 Å². The maximum Gasteiger partial charge on any atom is 0.0637 e. The summed E-state index contributed by atoms with van der Waals surface area (Å²) in [5.74, 6) is 0. The molecule has 0 aliphatic heterocycles. The van der Waals surface area contributed by atoms with Crippen molar-refractivity contribution in [3.05, 3.63) is 29.8 Å². The predicted molar refractivity (Wildman–Crippen MR) is 85.4 cm³/mol. The molecule has 1 atom stereocenters. The second kappa shape index (κ2) is 7.65. The quantitative estimate of drug-likeness (QED) is 0.748. The Morgan fingerprint density at radius 2 is 2.10 bits per heavy atom. The third-order valence-electron chi connectivity index (χ3n) is 3.94. The lowest BCUT2D eigenvalue weighted by Gasteiger charge is -2.29. The lowest BCUT2D eigenvalue weighted by atomic mass is 10.0. The Bertz CT molecular complexity index is 404. The van der Waals surface area contributed by atoms with Crippen LogP contribution in [0.1, 0.15) is 44.7 Å². The highest BCUT2D eigenvalue weighted by Crippen LogP contribution is 2.35. The predicted octanol–water partition coefficient (Wildman–Crippen LogP) is 3.36. The van der Waals surface area contributed by atoms with E-state index in [1.165, 1.54) is 30.5 Å². The zero-order valence-electron chi connectivity index (χ0n) is 13.1. The van der Waals surface area contributed by atoms with Gasteiger partial charge in [0.15, 0.2) is 0 Å². The molecule has 1 aromatic carbocycles. The van der Waals surface area contributed by atoms with Crippen LogP contribution in [0.4, 0.5) is 5.69 Å². The van der Waals surface area contributed by atoms with Crippen molar-refractivity contribution in [3.8, 4) is 0 Å². The monoisotopic (exact) mass is 276 g/mol. The first-order valence-electron chi connectivity index (χ1n) is 7.85. The maximum atomic E-state index is 5.28. The van der Waals surface area contributed by atoms with Crippen molar-refractivity contribution in [1.29, 1.82) is 0 Å². The molecule has 3 nitrogen and oxygen atoms in total. The second-order valence-corrected chi connectivity index (χ2v) is 5.65. The molecule has 112 valence electrons. The van der Waals surface area contributed by atoms with Gasteiger partial charge in [-0.3, -0.25) is 0 Å². The van der Waals surface area contributed by atoms with E-state index >= 15 is 0 Å². The number of nitrogens with zero attached hydrogens (tertiary/aromatic N) is 1. The minimum absolute atomic E-state index is 0.398. The summed E-state index contributed by atoms with van der Waals surface area (Å²) in [5.41, 5.74) is 2.78. The van der Waals surface area contributed by atoms with Gasteiger partial charge in [-0.2, -0.15) is 0 Å². The fourth-order valence-corrected chi connectivity index (χ4v) is 2.66. The zero-order valence-corrected chi connectivity index (χ0v) is 13.1. The van der Waals surface area contributed by atoms with Gasteiger partial charge < -0.3 is 15.0 Å². The average Bonchev–Trinajstić information content (AvgIpc) is 3.30. The molecule has 3 heteroatoms. The summed E-state index contributed by atoms with van der Waals surface area (Å²) >= 11 is 0. The first-order chi connectivity index (χ1) is 9.77. The highest BCUT2D eigenvalue weighted by atomic mass is 16.5. The summed E-state index contributed by atoms with van der Waals surface area (Å²) in [6, 6.07) is 9.91. The largest absolute Gasteiger partial charge is 0.383 e. The summed E-state index contributed by atoms with van der Waals surface area (Å²) in [4.78, 5) is 2.53. The molecular formula is C17H28N2O. The number of ether oxygens (including phenoxy) is 1. The molecule has 1 N–H and O–H groups in total. The van der Waals surface area contributed by atoms with Crippen LogP contribution in [0.3, 0.4) is 0 Å². The van der Waals surface area contributed by atoms with Crippen LogP contribution in [0.2, 0.25) is 0 Å². The van der Waals surface area contributed by atoms with Gasteiger partial charge in [0.25, 0.3) is 0 Å². The Balaban J connectivity index is 2.15. The number of nitrogens with one attached hydrogen (secondary N) is 1. The molecule has 1 saturated carbocycles. The fraction of sp³-hybridized carbons (Fsp3) is 0.647. The van der Waals surface area contributed by atoms with Crippen LogP contribution in [0, 0.1) is 0 Å². The van der Waals surface area contributed by atoms with Crippen molar-refractivity contribution in [2.24, 2.45) is 0 Å². The molecule has 0 amide bonds. The van der Waals surface area contributed by atoms with Crippen LogP contribution in [-0.2, 0) is 4.74 Å². The molecule has 0 aromatic heterocycles. The first-order valence-corrected chi connectivity index (χ1v) is 7.85. The number of methoxy groups -OCH3 is 1. The summed E-state index contributed by atoms with van der Waals surface area (Å²) in [7, 11) is 1.78. The van der Waals surface area contributed by atoms with Gasteiger partial charge >= 0.3 is 0 Å². The summed E-state index contributed by atoms with van der Waals surface area (Å²) in [5, 5.41) is 3.60. The van der Waals surface area contributed by atoms with E-state index in [1.54, 1.807) is 7.11 Å². The molecule has 1 aliphatic rings.